The van der Waals surface area contributed by atoms with Gasteiger partial charge in [-0.2, -0.15) is 5.10 Å². The molecule has 0 unspecified atom stereocenters. The molecule has 0 saturated heterocycles. The van der Waals surface area contributed by atoms with E-state index in [0.717, 1.165) is 11.0 Å². The van der Waals surface area contributed by atoms with Gasteiger partial charge in [0.1, 0.15) is 0 Å². The van der Waals surface area contributed by atoms with Gasteiger partial charge in [0.15, 0.2) is 0 Å². The number of para-hydroxylation sites is 2. The van der Waals surface area contributed by atoms with Gasteiger partial charge in [-0.3, -0.25) is 4.79 Å². The average Bonchev–Trinajstić information content (AvgIpc) is 2.68. The van der Waals surface area contributed by atoms with Gasteiger partial charge in [0.25, 0.3) is 0 Å². The van der Waals surface area contributed by atoms with Crippen LogP contribution in [0, 0.1) is 0 Å². The van der Waals surface area contributed by atoms with Crippen LogP contribution in [-0.2, 0) is 4.79 Å². The van der Waals surface area contributed by atoms with Gasteiger partial charge >= 0.3 is 5.97 Å². The highest BCUT2D eigenvalue weighted by molar-refractivity contribution is 5.97. The van der Waals surface area contributed by atoms with Crippen molar-refractivity contribution in [3.8, 4) is 0 Å². The van der Waals surface area contributed by atoms with E-state index in [1.54, 1.807) is 6.92 Å². The van der Waals surface area contributed by atoms with Crippen molar-refractivity contribution in [1.29, 1.82) is 0 Å². The number of nitrogens with zero attached hydrogens (tertiary/aromatic N) is 2. The first kappa shape index (κ1) is 11.1. The molecule has 0 saturated carbocycles. The number of benzene rings is 1. The number of fused-ring (bicyclic) bond motifs is 1. The van der Waals surface area contributed by atoms with Crippen molar-refractivity contribution in [2.75, 3.05) is 5.43 Å². The molecule has 6 heteroatoms. The van der Waals surface area contributed by atoms with Crippen LogP contribution < -0.4 is 5.43 Å². The topological polar surface area (TPSA) is 90.4 Å². The second kappa shape index (κ2) is 4.65. The Hall–Kier alpha value is -2.37. The summed E-state index contributed by atoms with van der Waals surface area (Å²) >= 11 is 0. The standard InChI is InChI=1S/C11H12N4O2/c1-7(6-10(16)17)14-15-11-12-8-4-2-3-5-9(8)13-11/h2-5H,6H2,1H3,(H,16,17)(H2,12,13,15)/b14-7+. The maximum Gasteiger partial charge on any atom is 0.309 e. The fourth-order valence-corrected chi connectivity index (χ4v) is 1.41. The lowest BCUT2D eigenvalue weighted by atomic mass is 10.3. The zero-order valence-electron chi connectivity index (χ0n) is 9.27. The van der Waals surface area contributed by atoms with Crippen molar-refractivity contribution in [2.45, 2.75) is 13.3 Å². The number of carboxylic acids is 1. The van der Waals surface area contributed by atoms with Gasteiger partial charge in [0, 0.05) is 5.71 Å². The third kappa shape index (κ3) is 2.81. The van der Waals surface area contributed by atoms with E-state index in [9.17, 15) is 4.79 Å². The van der Waals surface area contributed by atoms with E-state index in [4.69, 9.17) is 5.11 Å². The molecule has 0 fully saturated rings. The Labute approximate surface area is 97.4 Å². The predicted octanol–water partition coefficient (Wildman–Crippen LogP) is 1.83. The Morgan fingerprint density at radius 1 is 1.53 bits per heavy atom. The summed E-state index contributed by atoms with van der Waals surface area (Å²) < 4.78 is 0. The van der Waals surface area contributed by atoms with E-state index in [2.05, 4.69) is 20.5 Å². The number of hydrogen-bond donors (Lipinski definition) is 3. The van der Waals surface area contributed by atoms with Gasteiger partial charge < -0.3 is 10.1 Å². The second-order valence-electron chi connectivity index (χ2n) is 3.63. The van der Waals surface area contributed by atoms with Crippen LogP contribution in [-0.4, -0.2) is 26.8 Å². The lowest BCUT2D eigenvalue weighted by molar-refractivity contribution is -0.135. The Morgan fingerprint density at radius 2 is 2.29 bits per heavy atom. The molecule has 0 spiro atoms. The van der Waals surface area contributed by atoms with Gasteiger partial charge in [-0.1, -0.05) is 12.1 Å². The molecule has 0 amide bonds. The molecule has 0 atom stereocenters. The number of carbonyl (C=O) groups is 1. The van der Waals surface area contributed by atoms with Crippen LogP contribution in [0.2, 0.25) is 0 Å². The summed E-state index contributed by atoms with van der Waals surface area (Å²) in [5, 5.41) is 12.5. The molecule has 1 aromatic heterocycles. The molecular weight excluding hydrogens is 220 g/mol. The summed E-state index contributed by atoms with van der Waals surface area (Å²) in [6, 6.07) is 7.58. The zero-order chi connectivity index (χ0) is 12.3. The second-order valence-corrected chi connectivity index (χ2v) is 3.63. The minimum Gasteiger partial charge on any atom is -0.481 e. The predicted molar refractivity (Wildman–Crippen MR) is 65.1 cm³/mol. The number of imidazole rings is 1. The summed E-state index contributed by atoms with van der Waals surface area (Å²) in [6.45, 7) is 1.64. The lowest BCUT2D eigenvalue weighted by Gasteiger charge is -1.96. The number of hydrazone groups is 1. The number of carboxylic acid groups (broad SMARTS) is 1. The quantitative estimate of drug-likeness (QED) is 0.554. The maximum atomic E-state index is 10.4. The van der Waals surface area contributed by atoms with Gasteiger partial charge in [0.05, 0.1) is 17.5 Å². The normalized spacial score (nSPS) is 11.7. The summed E-state index contributed by atoms with van der Waals surface area (Å²) in [5.41, 5.74) is 4.92. The summed E-state index contributed by atoms with van der Waals surface area (Å²) in [4.78, 5) is 17.7. The van der Waals surface area contributed by atoms with Gasteiger partial charge in [-0.05, 0) is 19.1 Å². The highest BCUT2D eigenvalue weighted by atomic mass is 16.4. The van der Waals surface area contributed by atoms with Crippen LogP contribution in [0.4, 0.5) is 5.95 Å². The number of aromatic amines is 1. The van der Waals surface area contributed by atoms with Crippen molar-refractivity contribution < 1.29 is 9.90 Å². The van der Waals surface area contributed by atoms with Gasteiger partial charge in [-0.25, -0.2) is 10.4 Å². The van der Waals surface area contributed by atoms with Crippen LogP contribution in [0.5, 0.6) is 0 Å². The molecule has 0 aliphatic rings. The highest BCUT2D eigenvalue weighted by Crippen LogP contribution is 2.13. The number of aromatic nitrogens is 2. The van der Waals surface area contributed by atoms with Crippen LogP contribution in [0.15, 0.2) is 29.4 Å². The molecule has 17 heavy (non-hydrogen) atoms. The number of rotatable bonds is 4. The van der Waals surface area contributed by atoms with Crippen LogP contribution in [0.1, 0.15) is 13.3 Å². The molecule has 0 bridgehead atoms. The molecule has 1 aromatic carbocycles. The molecule has 0 radical (unpaired) electrons. The smallest absolute Gasteiger partial charge is 0.309 e. The maximum absolute atomic E-state index is 10.4. The van der Waals surface area contributed by atoms with E-state index in [1.165, 1.54) is 0 Å². The summed E-state index contributed by atoms with van der Waals surface area (Å²) in [5.74, 6) is -0.409. The number of H-pyrrole nitrogens is 1. The first-order valence-electron chi connectivity index (χ1n) is 5.11. The lowest BCUT2D eigenvalue weighted by Crippen LogP contribution is -2.05. The zero-order valence-corrected chi connectivity index (χ0v) is 9.27. The third-order valence-electron chi connectivity index (χ3n) is 2.15. The van der Waals surface area contributed by atoms with E-state index in [1.807, 2.05) is 24.3 Å². The minimum absolute atomic E-state index is 0.0901. The first-order chi connectivity index (χ1) is 8.15. The monoisotopic (exact) mass is 232 g/mol. The first-order valence-corrected chi connectivity index (χ1v) is 5.11. The van der Waals surface area contributed by atoms with Crippen LogP contribution >= 0.6 is 0 Å². The van der Waals surface area contributed by atoms with E-state index in [0.29, 0.717) is 11.7 Å². The molecule has 2 rings (SSSR count). The molecule has 3 N–H and O–H groups in total. The molecule has 0 aliphatic heterocycles. The van der Waals surface area contributed by atoms with Gasteiger partial charge in [0.2, 0.25) is 5.95 Å². The average molecular weight is 232 g/mol. The fraction of sp³-hybridized carbons (Fsp3) is 0.182. The Bertz CT molecular complexity index is 541. The number of hydrogen-bond acceptors (Lipinski definition) is 4. The Morgan fingerprint density at radius 3 is 3.00 bits per heavy atom. The number of nitrogens with one attached hydrogen (secondary N) is 2. The SMILES string of the molecule is C/C(CC(=O)O)=N\Nc1nc2ccccc2[nH]1. The third-order valence-corrected chi connectivity index (χ3v) is 2.15. The molecule has 2 aromatic rings. The largest absolute Gasteiger partial charge is 0.481 e. The Balaban J connectivity index is 2.11. The number of anilines is 1. The minimum atomic E-state index is -0.905. The molecule has 88 valence electrons. The van der Waals surface area contributed by atoms with Crippen molar-refractivity contribution in [3.63, 3.8) is 0 Å². The molecule has 0 aliphatic carbocycles. The summed E-state index contributed by atoms with van der Waals surface area (Å²) in [6.07, 6.45) is -0.0901. The van der Waals surface area contributed by atoms with Crippen molar-refractivity contribution in [2.24, 2.45) is 5.10 Å². The van der Waals surface area contributed by atoms with Crippen molar-refractivity contribution in [1.82, 2.24) is 9.97 Å². The number of aliphatic carboxylic acids is 1. The molecule has 1 heterocycles. The highest BCUT2D eigenvalue weighted by Gasteiger charge is 2.02. The van der Waals surface area contributed by atoms with Crippen LogP contribution in [0.25, 0.3) is 11.0 Å². The van der Waals surface area contributed by atoms with Crippen molar-refractivity contribution in [3.05, 3.63) is 24.3 Å². The summed E-state index contributed by atoms with van der Waals surface area (Å²) in [7, 11) is 0. The van der Waals surface area contributed by atoms with Gasteiger partial charge in [-0.15, -0.1) is 0 Å². The molecule has 6 nitrogen and oxygen atoms in total. The fourth-order valence-electron chi connectivity index (χ4n) is 1.41. The van der Waals surface area contributed by atoms with E-state index < -0.39 is 5.97 Å². The van der Waals surface area contributed by atoms with E-state index >= 15 is 0 Å². The molecular formula is C11H12N4O2. The van der Waals surface area contributed by atoms with Crippen molar-refractivity contribution >= 4 is 28.7 Å². The Kier molecular flexibility index (Phi) is 3.04. The van der Waals surface area contributed by atoms with E-state index in [-0.39, 0.29) is 6.42 Å². The van der Waals surface area contributed by atoms with Crippen LogP contribution in [0.3, 0.4) is 0 Å².